The second kappa shape index (κ2) is 5.45. The van der Waals surface area contributed by atoms with Crippen molar-refractivity contribution in [2.45, 2.75) is 63.2 Å². The summed E-state index contributed by atoms with van der Waals surface area (Å²) in [7, 11) is 0. The molecule has 4 unspecified atom stereocenters. The fraction of sp³-hybridized carbons (Fsp3) is 0.609. The van der Waals surface area contributed by atoms with Gasteiger partial charge < -0.3 is 14.8 Å². The molecule has 4 fully saturated rings. The van der Waals surface area contributed by atoms with Gasteiger partial charge in [0.1, 0.15) is 5.82 Å². The minimum absolute atomic E-state index is 0.131. The molecule has 4 atom stereocenters. The molecule has 5 aliphatic rings. The first-order valence-electron chi connectivity index (χ1n) is 10.6. The molecule has 5 heteroatoms. The van der Waals surface area contributed by atoms with E-state index < -0.39 is 11.7 Å². The molecule has 0 radical (unpaired) electrons. The number of imidazole rings is 1. The molecule has 4 bridgehead atoms. The third-order valence-electron chi connectivity index (χ3n) is 8.71. The van der Waals surface area contributed by atoms with Crippen LogP contribution in [0.5, 0.6) is 0 Å². The quantitative estimate of drug-likeness (QED) is 0.846. The number of aliphatic hydroxyl groups is 2. The van der Waals surface area contributed by atoms with Crippen LogP contribution in [0, 0.1) is 29.0 Å². The van der Waals surface area contributed by atoms with E-state index in [4.69, 9.17) is 0 Å². The highest BCUT2D eigenvalue weighted by Gasteiger charge is 2.62. The number of fused-ring (bicyclic) bond motifs is 3. The van der Waals surface area contributed by atoms with E-state index >= 15 is 0 Å². The third-order valence-corrected chi connectivity index (χ3v) is 8.71. The fourth-order valence-electron chi connectivity index (χ4n) is 7.37. The molecule has 148 valence electrons. The van der Waals surface area contributed by atoms with Crippen LogP contribution in [-0.2, 0) is 0 Å². The molecule has 0 saturated heterocycles. The standard InChI is InChI=1S/C23H27FN2O2/c1-22(28)14-5-13-6-15(22)10-23(8-13,9-14)20(27)7-18-21-16(3-2-4-17(21)24)19-11-25-12-26(18)19/h2-4,11-15,18,20,27-28H,5-10H2,1H3. The highest BCUT2D eigenvalue weighted by atomic mass is 19.1. The molecule has 28 heavy (non-hydrogen) atoms. The zero-order chi connectivity index (χ0) is 19.3. The topological polar surface area (TPSA) is 58.3 Å². The molecular weight excluding hydrogens is 355 g/mol. The van der Waals surface area contributed by atoms with Gasteiger partial charge in [-0.2, -0.15) is 0 Å². The van der Waals surface area contributed by atoms with Gasteiger partial charge >= 0.3 is 0 Å². The van der Waals surface area contributed by atoms with Crippen molar-refractivity contribution < 1.29 is 14.6 Å². The van der Waals surface area contributed by atoms with Gasteiger partial charge in [0, 0.05) is 11.1 Å². The monoisotopic (exact) mass is 382 g/mol. The molecule has 2 heterocycles. The summed E-state index contributed by atoms with van der Waals surface area (Å²) in [5.41, 5.74) is 1.79. The van der Waals surface area contributed by atoms with Crippen molar-refractivity contribution in [1.82, 2.24) is 9.55 Å². The minimum atomic E-state index is -0.594. The maximum Gasteiger partial charge on any atom is 0.129 e. The van der Waals surface area contributed by atoms with E-state index in [-0.39, 0.29) is 29.1 Å². The number of halogens is 1. The number of nitrogens with zero attached hydrogens (tertiary/aromatic N) is 2. The predicted octanol–water partition coefficient (Wildman–Crippen LogP) is 3.92. The lowest BCUT2D eigenvalue weighted by Gasteiger charge is -2.64. The van der Waals surface area contributed by atoms with Gasteiger partial charge in [-0.1, -0.05) is 12.1 Å². The maximum atomic E-state index is 14.7. The van der Waals surface area contributed by atoms with Gasteiger partial charge in [0.05, 0.1) is 36.0 Å². The molecule has 0 spiro atoms. The first-order chi connectivity index (χ1) is 13.4. The van der Waals surface area contributed by atoms with Gasteiger partial charge in [0.25, 0.3) is 0 Å². The van der Waals surface area contributed by atoms with Gasteiger partial charge in [-0.25, -0.2) is 9.37 Å². The molecule has 7 rings (SSSR count). The van der Waals surface area contributed by atoms with Crippen LogP contribution in [0.25, 0.3) is 11.3 Å². The van der Waals surface area contributed by atoms with Crippen LogP contribution in [0.15, 0.2) is 30.7 Å². The molecule has 0 amide bonds. The summed E-state index contributed by atoms with van der Waals surface area (Å²) in [6, 6.07) is 4.99. The smallest absolute Gasteiger partial charge is 0.129 e. The number of aromatic nitrogens is 2. The van der Waals surface area contributed by atoms with Crippen molar-refractivity contribution in [3.63, 3.8) is 0 Å². The number of benzene rings is 1. The molecule has 4 aliphatic carbocycles. The minimum Gasteiger partial charge on any atom is -0.392 e. The van der Waals surface area contributed by atoms with Gasteiger partial charge in [-0.05, 0) is 74.7 Å². The third kappa shape index (κ3) is 2.09. The molecule has 4 nitrogen and oxygen atoms in total. The molecule has 4 saturated carbocycles. The summed E-state index contributed by atoms with van der Waals surface area (Å²) in [4.78, 5) is 4.27. The Bertz CT molecular complexity index is 934. The maximum absolute atomic E-state index is 14.7. The van der Waals surface area contributed by atoms with Crippen LogP contribution < -0.4 is 0 Å². The lowest BCUT2D eigenvalue weighted by atomic mass is 9.43. The summed E-state index contributed by atoms with van der Waals surface area (Å²) >= 11 is 0. The second-order valence-corrected chi connectivity index (χ2v) is 10.1. The molecule has 1 aromatic carbocycles. The van der Waals surface area contributed by atoms with Crippen LogP contribution in [-0.4, -0.2) is 31.5 Å². The molecule has 1 aliphatic heterocycles. The molecule has 2 aromatic rings. The van der Waals surface area contributed by atoms with Gasteiger partial charge in [-0.15, -0.1) is 0 Å². The Balaban J connectivity index is 1.34. The van der Waals surface area contributed by atoms with Gasteiger partial charge in [0.2, 0.25) is 0 Å². The highest BCUT2D eigenvalue weighted by Crippen LogP contribution is 2.65. The number of rotatable bonds is 3. The van der Waals surface area contributed by atoms with Crippen molar-refractivity contribution in [1.29, 1.82) is 0 Å². The van der Waals surface area contributed by atoms with Crippen LogP contribution in [0.3, 0.4) is 0 Å². The number of hydrogen-bond acceptors (Lipinski definition) is 3. The zero-order valence-corrected chi connectivity index (χ0v) is 16.2. The normalized spacial score (nSPS) is 41.1. The van der Waals surface area contributed by atoms with Crippen molar-refractivity contribution in [2.24, 2.45) is 23.2 Å². The van der Waals surface area contributed by atoms with E-state index in [1.807, 2.05) is 17.6 Å². The fourth-order valence-corrected chi connectivity index (χ4v) is 7.37. The zero-order valence-electron chi connectivity index (χ0n) is 16.2. The first-order valence-corrected chi connectivity index (χ1v) is 10.6. The number of aliphatic hydroxyl groups excluding tert-OH is 1. The highest BCUT2D eigenvalue weighted by molar-refractivity contribution is 5.69. The van der Waals surface area contributed by atoms with E-state index in [0.29, 0.717) is 17.9 Å². The van der Waals surface area contributed by atoms with Crippen molar-refractivity contribution in [3.05, 3.63) is 42.1 Å². The van der Waals surface area contributed by atoms with E-state index in [2.05, 4.69) is 4.98 Å². The van der Waals surface area contributed by atoms with Crippen LogP contribution >= 0.6 is 0 Å². The van der Waals surface area contributed by atoms with E-state index in [1.54, 1.807) is 18.6 Å². The first kappa shape index (κ1) is 17.2. The Hall–Kier alpha value is -1.72. The van der Waals surface area contributed by atoms with E-state index in [1.165, 1.54) is 6.07 Å². The summed E-state index contributed by atoms with van der Waals surface area (Å²) < 4.78 is 16.8. The predicted molar refractivity (Wildman–Crippen MR) is 103 cm³/mol. The second-order valence-electron chi connectivity index (χ2n) is 10.1. The van der Waals surface area contributed by atoms with Crippen molar-refractivity contribution >= 4 is 0 Å². The van der Waals surface area contributed by atoms with Crippen molar-refractivity contribution in [3.8, 4) is 11.3 Å². The van der Waals surface area contributed by atoms with Crippen LogP contribution in [0.4, 0.5) is 4.39 Å². The average molecular weight is 382 g/mol. The average Bonchev–Trinajstić information content (AvgIpc) is 3.23. The summed E-state index contributed by atoms with van der Waals surface area (Å²) in [6.07, 6.45) is 8.56. The van der Waals surface area contributed by atoms with E-state index in [0.717, 1.165) is 43.4 Å². The molecule has 2 N–H and O–H groups in total. The Kier molecular flexibility index (Phi) is 3.34. The summed E-state index contributed by atoms with van der Waals surface area (Å²) in [6.45, 7) is 2.00. The van der Waals surface area contributed by atoms with Crippen molar-refractivity contribution in [2.75, 3.05) is 0 Å². The van der Waals surface area contributed by atoms with E-state index in [9.17, 15) is 14.6 Å². The Labute approximate surface area is 164 Å². The summed E-state index contributed by atoms with van der Waals surface area (Å²) in [5.74, 6) is 0.977. The largest absolute Gasteiger partial charge is 0.392 e. The van der Waals surface area contributed by atoms with Crippen LogP contribution in [0.2, 0.25) is 0 Å². The number of hydrogen-bond donors (Lipinski definition) is 2. The van der Waals surface area contributed by atoms with Crippen LogP contribution in [0.1, 0.15) is 57.1 Å². The van der Waals surface area contributed by atoms with Gasteiger partial charge in [-0.3, -0.25) is 0 Å². The SMILES string of the molecule is CC1(O)C2CC3CC1CC(C(O)CC1c4c(F)cccc4-c4cncn41)(C3)C2. The lowest BCUT2D eigenvalue weighted by Crippen LogP contribution is -2.62. The Morgan fingerprint density at radius 3 is 2.75 bits per heavy atom. The molecule has 1 aromatic heterocycles. The molecular formula is C23H27FN2O2. The Morgan fingerprint density at radius 1 is 1.25 bits per heavy atom. The van der Waals surface area contributed by atoms with Gasteiger partial charge in [0.15, 0.2) is 0 Å². The Morgan fingerprint density at radius 2 is 2.00 bits per heavy atom. The summed E-state index contributed by atoms with van der Waals surface area (Å²) in [5, 5.41) is 22.5. The lowest BCUT2D eigenvalue weighted by molar-refractivity contribution is -0.217.